The Balaban J connectivity index is 1.76. The molecule has 0 saturated heterocycles. The monoisotopic (exact) mass is 368 g/mol. The van der Waals surface area contributed by atoms with Gasteiger partial charge >= 0.3 is 12.1 Å². The fraction of sp³-hybridized carbons (Fsp3) is 0.353. The highest BCUT2D eigenvalue weighted by atomic mass is 19.4. The maximum atomic E-state index is 12.6. The van der Waals surface area contributed by atoms with Gasteiger partial charge in [0, 0.05) is 18.5 Å². The molecule has 1 aromatic carbocycles. The lowest BCUT2D eigenvalue weighted by Crippen LogP contribution is -2.35. The fourth-order valence-corrected chi connectivity index (χ4v) is 2.49. The van der Waals surface area contributed by atoms with Crippen LogP contribution in [0.15, 0.2) is 34.9 Å². The number of carboxylic acids is 1. The van der Waals surface area contributed by atoms with Gasteiger partial charge in [-0.15, -0.1) is 0 Å². The number of benzene rings is 1. The van der Waals surface area contributed by atoms with Gasteiger partial charge in [-0.3, -0.25) is 9.59 Å². The molecule has 3 rings (SSSR count). The minimum absolute atomic E-state index is 0.0138. The van der Waals surface area contributed by atoms with Crippen LogP contribution in [-0.4, -0.2) is 33.6 Å². The van der Waals surface area contributed by atoms with E-state index in [1.165, 1.54) is 18.2 Å². The Bertz CT molecular complexity index is 810. The van der Waals surface area contributed by atoms with Crippen molar-refractivity contribution in [3.63, 3.8) is 0 Å². The van der Waals surface area contributed by atoms with Crippen LogP contribution >= 0.6 is 0 Å². The van der Waals surface area contributed by atoms with Crippen molar-refractivity contribution >= 4 is 11.9 Å². The van der Waals surface area contributed by atoms with Crippen LogP contribution in [0.2, 0.25) is 0 Å². The average molecular weight is 368 g/mol. The van der Waals surface area contributed by atoms with Gasteiger partial charge in [0.05, 0.1) is 5.56 Å². The van der Waals surface area contributed by atoms with Gasteiger partial charge in [-0.2, -0.15) is 13.2 Å². The first-order chi connectivity index (χ1) is 12.2. The van der Waals surface area contributed by atoms with Gasteiger partial charge in [-0.1, -0.05) is 17.3 Å². The lowest BCUT2D eigenvalue weighted by molar-refractivity contribution is -0.138. The van der Waals surface area contributed by atoms with Crippen molar-refractivity contribution in [2.75, 3.05) is 6.54 Å². The molecule has 6 nitrogen and oxygen atoms in total. The van der Waals surface area contributed by atoms with E-state index >= 15 is 0 Å². The summed E-state index contributed by atoms with van der Waals surface area (Å²) in [7, 11) is 0. The fourth-order valence-electron chi connectivity index (χ4n) is 2.49. The van der Waals surface area contributed by atoms with Crippen molar-refractivity contribution < 1.29 is 32.4 Å². The van der Waals surface area contributed by atoms with Crippen molar-refractivity contribution in [3.05, 3.63) is 52.9 Å². The van der Waals surface area contributed by atoms with Crippen molar-refractivity contribution in [3.8, 4) is 0 Å². The molecule has 1 aliphatic carbocycles. The molecule has 26 heavy (non-hydrogen) atoms. The predicted molar refractivity (Wildman–Crippen MR) is 82.3 cm³/mol. The Kier molecular flexibility index (Phi) is 4.71. The number of carbonyl (C=O) groups excluding carboxylic acids is 1. The Morgan fingerprint density at radius 2 is 1.88 bits per heavy atom. The first kappa shape index (κ1) is 18.0. The molecule has 0 atom stereocenters. The number of carboxylic acid groups (broad SMARTS) is 1. The van der Waals surface area contributed by atoms with Gasteiger partial charge in [0.1, 0.15) is 12.3 Å². The molecule has 1 aromatic heterocycles. The van der Waals surface area contributed by atoms with Gasteiger partial charge in [0.25, 0.3) is 5.91 Å². The van der Waals surface area contributed by atoms with Crippen LogP contribution in [0.5, 0.6) is 0 Å². The second kappa shape index (κ2) is 6.81. The summed E-state index contributed by atoms with van der Waals surface area (Å²) in [5.74, 6) is -1.07. The molecular formula is C17H15F3N2O4. The van der Waals surface area contributed by atoms with Crippen LogP contribution in [0.1, 0.15) is 46.1 Å². The summed E-state index contributed by atoms with van der Waals surface area (Å²) in [6.07, 6.45) is -2.56. The van der Waals surface area contributed by atoms with Crippen LogP contribution in [0.25, 0.3) is 0 Å². The average Bonchev–Trinajstić information content (AvgIpc) is 3.30. The molecule has 2 aromatic rings. The molecule has 0 aliphatic heterocycles. The number of carbonyl (C=O) groups is 2. The van der Waals surface area contributed by atoms with E-state index in [0.29, 0.717) is 11.3 Å². The van der Waals surface area contributed by atoms with E-state index in [4.69, 9.17) is 9.63 Å². The van der Waals surface area contributed by atoms with Crippen LogP contribution in [0.4, 0.5) is 13.2 Å². The number of hydrogen-bond donors (Lipinski definition) is 1. The first-order valence-corrected chi connectivity index (χ1v) is 7.88. The van der Waals surface area contributed by atoms with Crippen LogP contribution in [0.3, 0.4) is 0 Å². The molecule has 0 radical (unpaired) electrons. The summed E-state index contributed by atoms with van der Waals surface area (Å²) < 4.78 is 42.9. The highest BCUT2D eigenvalue weighted by molar-refractivity contribution is 5.94. The van der Waals surface area contributed by atoms with E-state index in [0.717, 1.165) is 29.9 Å². The summed E-state index contributed by atoms with van der Waals surface area (Å²) in [4.78, 5) is 24.6. The number of aliphatic carboxylic acids is 1. The maximum absolute atomic E-state index is 12.6. The SMILES string of the molecule is O=C(O)CN(Cc1ccc(C(F)(F)F)cc1)C(=O)c1cc(C2CC2)on1. The molecule has 9 heteroatoms. The van der Waals surface area contributed by atoms with Gasteiger partial charge in [-0.05, 0) is 30.5 Å². The molecule has 1 saturated carbocycles. The Morgan fingerprint density at radius 3 is 2.42 bits per heavy atom. The van der Waals surface area contributed by atoms with Gasteiger partial charge in [0.15, 0.2) is 5.69 Å². The summed E-state index contributed by atoms with van der Waals surface area (Å²) in [6.45, 7) is -0.764. The number of halogens is 3. The molecule has 1 aliphatic rings. The largest absolute Gasteiger partial charge is 0.480 e. The summed E-state index contributed by atoms with van der Waals surface area (Å²) in [6, 6.07) is 5.69. The minimum Gasteiger partial charge on any atom is -0.480 e. The van der Waals surface area contributed by atoms with Crippen molar-refractivity contribution in [2.24, 2.45) is 0 Å². The standard InChI is InChI=1S/C17H15F3N2O4/c18-17(19,20)12-5-1-10(2-6-12)8-22(9-15(23)24)16(25)13-7-14(26-21-13)11-3-4-11/h1-2,5-7,11H,3-4,8-9H2,(H,23,24). The zero-order valence-electron chi connectivity index (χ0n) is 13.5. The quantitative estimate of drug-likeness (QED) is 0.846. The predicted octanol–water partition coefficient (Wildman–Crippen LogP) is 3.30. The zero-order chi connectivity index (χ0) is 18.9. The smallest absolute Gasteiger partial charge is 0.416 e. The summed E-state index contributed by atoms with van der Waals surface area (Å²) in [5.41, 5.74) is -0.457. The molecule has 0 spiro atoms. The molecule has 0 bridgehead atoms. The van der Waals surface area contributed by atoms with E-state index in [1.54, 1.807) is 0 Å². The van der Waals surface area contributed by atoms with Crippen molar-refractivity contribution in [1.82, 2.24) is 10.1 Å². The number of aromatic nitrogens is 1. The highest BCUT2D eigenvalue weighted by Gasteiger charge is 2.31. The first-order valence-electron chi connectivity index (χ1n) is 7.88. The van der Waals surface area contributed by atoms with Crippen LogP contribution < -0.4 is 0 Å². The number of hydrogen-bond acceptors (Lipinski definition) is 4. The molecule has 1 amide bonds. The van der Waals surface area contributed by atoms with E-state index in [1.807, 2.05) is 0 Å². The van der Waals surface area contributed by atoms with Gasteiger partial charge in [-0.25, -0.2) is 0 Å². The third kappa shape index (κ3) is 4.22. The molecular weight excluding hydrogens is 353 g/mol. The molecule has 138 valence electrons. The third-order valence-electron chi connectivity index (χ3n) is 4.00. The van der Waals surface area contributed by atoms with E-state index in [2.05, 4.69) is 5.16 Å². The zero-order valence-corrected chi connectivity index (χ0v) is 13.5. The Labute approximate surface area is 146 Å². The Morgan fingerprint density at radius 1 is 1.23 bits per heavy atom. The van der Waals surface area contributed by atoms with Gasteiger partial charge < -0.3 is 14.5 Å². The van der Waals surface area contributed by atoms with Crippen LogP contribution in [-0.2, 0) is 17.5 Å². The van der Waals surface area contributed by atoms with E-state index in [9.17, 15) is 22.8 Å². The molecule has 1 N–H and O–H groups in total. The number of rotatable bonds is 6. The van der Waals surface area contributed by atoms with Crippen LogP contribution in [0, 0.1) is 0 Å². The number of amides is 1. The second-order valence-electron chi connectivity index (χ2n) is 6.14. The molecule has 1 heterocycles. The normalized spacial score (nSPS) is 14.3. The summed E-state index contributed by atoms with van der Waals surface area (Å²) in [5, 5.41) is 12.7. The third-order valence-corrected chi connectivity index (χ3v) is 4.00. The maximum Gasteiger partial charge on any atom is 0.416 e. The lowest BCUT2D eigenvalue weighted by atomic mass is 10.1. The summed E-state index contributed by atoms with van der Waals surface area (Å²) >= 11 is 0. The van der Waals surface area contributed by atoms with E-state index in [-0.39, 0.29) is 18.2 Å². The van der Waals surface area contributed by atoms with Gasteiger partial charge in [0.2, 0.25) is 0 Å². The van der Waals surface area contributed by atoms with Crippen molar-refractivity contribution in [1.29, 1.82) is 0 Å². The molecule has 1 fully saturated rings. The van der Waals surface area contributed by atoms with Crippen molar-refractivity contribution in [2.45, 2.75) is 31.5 Å². The highest BCUT2D eigenvalue weighted by Crippen LogP contribution is 2.40. The topological polar surface area (TPSA) is 83.6 Å². The Hall–Kier alpha value is -2.84. The molecule has 0 unspecified atom stereocenters. The lowest BCUT2D eigenvalue weighted by Gasteiger charge is -2.19. The number of alkyl halides is 3. The number of nitrogens with zero attached hydrogens (tertiary/aromatic N) is 2. The minimum atomic E-state index is -4.46. The second-order valence-corrected chi connectivity index (χ2v) is 6.14. The van der Waals surface area contributed by atoms with E-state index < -0.39 is 30.2 Å².